The minimum Gasteiger partial charge on any atom is -0.233 e. The molecule has 2 aromatic carbocycles. The Balaban J connectivity index is 1.89. The van der Waals surface area contributed by atoms with Gasteiger partial charge in [0.25, 0.3) is 0 Å². The maximum absolute atomic E-state index is 13.3. The van der Waals surface area contributed by atoms with Gasteiger partial charge in [-0.2, -0.15) is 0 Å². The maximum atomic E-state index is 13.3. The fourth-order valence-electron chi connectivity index (χ4n) is 3.36. The van der Waals surface area contributed by atoms with Gasteiger partial charge in [-0.05, 0) is 73.7 Å². The van der Waals surface area contributed by atoms with E-state index in [-0.39, 0.29) is 11.6 Å². The molecule has 1 aromatic heterocycles. The van der Waals surface area contributed by atoms with Gasteiger partial charge in [0.1, 0.15) is 11.6 Å². The van der Waals surface area contributed by atoms with Crippen LogP contribution in [0.5, 0.6) is 0 Å². The Hall–Kier alpha value is -2.62. The Morgan fingerprint density at radius 1 is 0.840 bits per heavy atom. The van der Waals surface area contributed by atoms with E-state index in [2.05, 4.69) is 6.92 Å². The van der Waals surface area contributed by atoms with Crippen LogP contribution in [-0.2, 0) is 12.8 Å². The molecule has 126 valence electrons. The quantitative estimate of drug-likeness (QED) is 0.642. The molecule has 0 amide bonds. The van der Waals surface area contributed by atoms with Crippen molar-refractivity contribution in [3.63, 3.8) is 0 Å². The first-order valence-corrected chi connectivity index (χ1v) is 8.52. The third-order valence-corrected chi connectivity index (χ3v) is 4.74. The molecule has 0 N–H and O–H groups in total. The summed E-state index contributed by atoms with van der Waals surface area (Å²) in [7, 11) is 0. The van der Waals surface area contributed by atoms with Gasteiger partial charge >= 0.3 is 0 Å². The van der Waals surface area contributed by atoms with Gasteiger partial charge in [-0.15, -0.1) is 0 Å². The summed E-state index contributed by atoms with van der Waals surface area (Å²) in [6, 6.07) is 12.6. The van der Waals surface area contributed by atoms with Gasteiger partial charge in [0.05, 0.1) is 5.69 Å². The predicted molar refractivity (Wildman–Crippen MR) is 94.0 cm³/mol. The summed E-state index contributed by atoms with van der Waals surface area (Å²) in [5.41, 5.74) is 4.72. The Kier molecular flexibility index (Phi) is 4.04. The van der Waals surface area contributed by atoms with Crippen molar-refractivity contribution in [2.75, 3.05) is 0 Å². The largest absolute Gasteiger partial charge is 0.233 e. The van der Waals surface area contributed by atoms with E-state index in [1.165, 1.54) is 24.3 Å². The maximum Gasteiger partial charge on any atom is 0.160 e. The van der Waals surface area contributed by atoms with Crippen molar-refractivity contribution >= 4 is 0 Å². The van der Waals surface area contributed by atoms with Gasteiger partial charge in [-0.1, -0.05) is 6.92 Å². The van der Waals surface area contributed by atoms with Crippen LogP contribution in [0.3, 0.4) is 0 Å². The summed E-state index contributed by atoms with van der Waals surface area (Å²) in [4.78, 5) is 9.51. The fraction of sp³-hybridized carbons (Fsp3) is 0.238. The second kappa shape index (κ2) is 6.36. The summed E-state index contributed by atoms with van der Waals surface area (Å²) in [6.45, 7) is 2.22. The van der Waals surface area contributed by atoms with Crippen molar-refractivity contribution in [3.05, 3.63) is 71.4 Å². The standard InChI is InChI=1S/C21H18F2N2/c1-13-2-11-18-19(12-13)24-21(15-5-9-17(23)10-6-15)25-20(18)14-3-7-16(22)8-4-14/h3-10,13H,2,11-12H2,1H3/t13-/m1/s1. The molecule has 1 heterocycles. The zero-order valence-electron chi connectivity index (χ0n) is 14.0. The molecule has 0 unspecified atom stereocenters. The van der Waals surface area contributed by atoms with E-state index in [0.717, 1.165) is 47.3 Å². The number of rotatable bonds is 2. The molecule has 4 rings (SSSR count). The highest BCUT2D eigenvalue weighted by Crippen LogP contribution is 2.33. The molecule has 0 radical (unpaired) electrons. The number of hydrogen-bond donors (Lipinski definition) is 0. The molecule has 1 aliphatic carbocycles. The van der Waals surface area contributed by atoms with E-state index in [1.807, 2.05) is 0 Å². The van der Waals surface area contributed by atoms with Crippen molar-refractivity contribution in [1.82, 2.24) is 9.97 Å². The third-order valence-electron chi connectivity index (χ3n) is 4.74. The first kappa shape index (κ1) is 15.9. The molecule has 1 aliphatic rings. The van der Waals surface area contributed by atoms with E-state index < -0.39 is 0 Å². The molecule has 0 bridgehead atoms. The van der Waals surface area contributed by atoms with E-state index in [9.17, 15) is 8.78 Å². The molecule has 25 heavy (non-hydrogen) atoms. The minimum atomic E-state index is -0.283. The van der Waals surface area contributed by atoms with Crippen molar-refractivity contribution in [2.24, 2.45) is 5.92 Å². The number of benzene rings is 2. The van der Waals surface area contributed by atoms with Gasteiger partial charge in [-0.25, -0.2) is 18.7 Å². The average molecular weight is 336 g/mol. The summed E-state index contributed by atoms with van der Waals surface area (Å²) in [6.07, 6.45) is 2.92. The van der Waals surface area contributed by atoms with Crippen LogP contribution in [0, 0.1) is 17.6 Å². The van der Waals surface area contributed by atoms with E-state index in [4.69, 9.17) is 9.97 Å². The zero-order valence-corrected chi connectivity index (χ0v) is 14.0. The summed E-state index contributed by atoms with van der Waals surface area (Å²) in [5.74, 6) is 0.616. The molecule has 0 saturated carbocycles. The number of hydrogen-bond acceptors (Lipinski definition) is 2. The molecule has 3 aromatic rings. The summed E-state index contributed by atoms with van der Waals surface area (Å²) >= 11 is 0. The van der Waals surface area contributed by atoms with Gasteiger partial charge < -0.3 is 0 Å². The second-order valence-corrected chi connectivity index (χ2v) is 6.68. The number of aromatic nitrogens is 2. The lowest BCUT2D eigenvalue weighted by Crippen LogP contribution is -2.16. The monoisotopic (exact) mass is 336 g/mol. The van der Waals surface area contributed by atoms with Crippen LogP contribution in [-0.4, -0.2) is 9.97 Å². The minimum absolute atomic E-state index is 0.265. The Labute approximate surface area is 145 Å². The van der Waals surface area contributed by atoms with E-state index in [0.29, 0.717) is 11.7 Å². The fourth-order valence-corrected chi connectivity index (χ4v) is 3.36. The number of nitrogens with zero attached hydrogens (tertiary/aromatic N) is 2. The lowest BCUT2D eigenvalue weighted by Gasteiger charge is -2.23. The lowest BCUT2D eigenvalue weighted by molar-refractivity contribution is 0.491. The normalized spacial score (nSPS) is 16.5. The lowest BCUT2D eigenvalue weighted by atomic mass is 9.86. The third kappa shape index (κ3) is 3.16. The van der Waals surface area contributed by atoms with Gasteiger partial charge in [0, 0.05) is 22.4 Å². The van der Waals surface area contributed by atoms with Crippen molar-refractivity contribution in [3.8, 4) is 22.6 Å². The molecular formula is C21H18F2N2. The van der Waals surface area contributed by atoms with Crippen molar-refractivity contribution in [1.29, 1.82) is 0 Å². The molecule has 1 atom stereocenters. The summed E-state index contributed by atoms with van der Waals surface area (Å²) < 4.78 is 26.5. The first-order chi connectivity index (χ1) is 12.1. The first-order valence-electron chi connectivity index (χ1n) is 8.52. The van der Waals surface area contributed by atoms with Crippen LogP contribution in [0.15, 0.2) is 48.5 Å². The Bertz CT molecular complexity index is 902. The van der Waals surface area contributed by atoms with E-state index in [1.54, 1.807) is 24.3 Å². The Morgan fingerprint density at radius 3 is 2.08 bits per heavy atom. The summed E-state index contributed by atoms with van der Waals surface area (Å²) in [5, 5.41) is 0. The molecule has 0 fully saturated rings. The van der Waals surface area contributed by atoms with Crippen LogP contribution < -0.4 is 0 Å². The Morgan fingerprint density at radius 2 is 1.44 bits per heavy atom. The highest BCUT2D eigenvalue weighted by atomic mass is 19.1. The van der Waals surface area contributed by atoms with Crippen molar-refractivity contribution in [2.45, 2.75) is 26.2 Å². The smallest absolute Gasteiger partial charge is 0.160 e. The molecule has 0 spiro atoms. The van der Waals surface area contributed by atoms with Crippen LogP contribution >= 0.6 is 0 Å². The van der Waals surface area contributed by atoms with Crippen LogP contribution in [0.4, 0.5) is 8.78 Å². The molecular weight excluding hydrogens is 318 g/mol. The highest BCUT2D eigenvalue weighted by Gasteiger charge is 2.22. The SMILES string of the molecule is C[C@@H]1CCc2c(nc(-c3ccc(F)cc3)nc2-c2ccc(F)cc2)C1. The second-order valence-electron chi connectivity index (χ2n) is 6.68. The van der Waals surface area contributed by atoms with Crippen LogP contribution in [0.1, 0.15) is 24.6 Å². The average Bonchev–Trinajstić information content (AvgIpc) is 2.62. The highest BCUT2D eigenvalue weighted by molar-refractivity contribution is 5.68. The van der Waals surface area contributed by atoms with Crippen LogP contribution in [0.2, 0.25) is 0 Å². The molecule has 0 saturated heterocycles. The van der Waals surface area contributed by atoms with Gasteiger partial charge in [0.2, 0.25) is 0 Å². The van der Waals surface area contributed by atoms with Gasteiger partial charge in [0.15, 0.2) is 5.82 Å². The number of fused-ring (bicyclic) bond motifs is 1. The zero-order chi connectivity index (χ0) is 17.4. The molecule has 2 nitrogen and oxygen atoms in total. The molecule has 4 heteroatoms. The topological polar surface area (TPSA) is 25.8 Å². The van der Waals surface area contributed by atoms with Gasteiger partial charge in [-0.3, -0.25) is 0 Å². The van der Waals surface area contributed by atoms with Crippen molar-refractivity contribution < 1.29 is 8.78 Å². The number of halogens is 2. The molecule has 0 aliphatic heterocycles. The van der Waals surface area contributed by atoms with E-state index >= 15 is 0 Å². The predicted octanol–water partition coefficient (Wildman–Crippen LogP) is 5.21. The van der Waals surface area contributed by atoms with Crippen LogP contribution in [0.25, 0.3) is 22.6 Å².